The van der Waals surface area contributed by atoms with E-state index in [1.54, 1.807) is 12.4 Å². The summed E-state index contributed by atoms with van der Waals surface area (Å²) in [7, 11) is 0. The van der Waals surface area contributed by atoms with Crippen molar-refractivity contribution in [3.05, 3.63) is 60.9 Å². The van der Waals surface area contributed by atoms with Gasteiger partial charge in [-0.1, -0.05) is 18.2 Å². The first kappa shape index (κ1) is 10.6. The molecule has 0 aliphatic carbocycles. The summed E-state index contributed by atoms with van der Waals surface area (Å²) in [6.07, 6.45) is 3.52. The van der Waals surface area contributed by atoms with E-state index in [4.69, 9.17) is 10.5 Å². The number of ether oxygens (including phenoxy) is 1. The molecule has 2 N–H and O–H groups in total. The molecule has 0 aliphatic rings. The molecule has 18 heavy (non-hydrogen) atoms. The Bertz CT molecular complexity index is 680. The maximum absolute atomic E-state index is 6.11. The third-order valence-corrected chi connectivity index (χ3v) is 2.79. The van der Waals surface area contributed by atoms with Gasteiger partial charge in [0.2, 0.25) is 0 Å². The Morgan fingerprint density at radius 3 is 2.61 bits per heavy atom. The summed E-state index contributed by atoms with van der Waals surface area (Å²) in [5, 5.41) is 1.97. The molecule has 88 valence electrons. The lowest BCUT2D eigenvalue weighted by molar-refractivity contribution is 0.486. The highest BCUT2D eigenvalue weighted by atomic mass is 16.5. The van der Waals surface area contributed by atoms with Crippen LogP contribution in [-0.2, 0) is 0 Å². The van der Waals surface area contributed by atoms with Crippen LogP contribution in [0.25, 0.3) is 10.8 Å². The number of hydrogen-bond donors (Lipinski definition) is 1. The van der Waals surface area contributed by atoms with Gasteiger partial charge in [-0.3, -0.25) is 4.98 Å². The normalized spacial score (nSPS) is 10.4. The predicted molar refractivity (Wildman–Crippen MR) is 72.7 cm³/mol. The van der Waals surface area contributed by atoms with Gasteiger partial charge in [0.05, 0.1) is 5.69 Å². The molecule has 0 bridgehead atoms. The van der Waals surface area contributed by atoms with E-state index in [1.807, 2.05) is 48.5 Å². The van der Waals surface area contributed by atoms with Gasteiger partial charge >= 0.3 is 0 Å². The fraction of sp³-hybridized carbons (Fsp3) is 0. The topological polar surface area (TPSA) is 48.1 Å². The number of para-hydroxylation sites is 1. The standard InChI is InChI=1S/C15H12N2O/c16-15-13-8-9-17-10-11(13)6-7-14(15)18-12-4-2-1-3-5-12/h1-10H,16H2. The minimum Gasteiger partial charge on any atom is -0.455 e. The van der Waals surface area contributed by atoms with Gasteiger partial charge in [-0.15, -0.1) is 0 Å². The number of nitrogen functional groups attached to an aromatic ring is 1. The van der Waals surface area contributed by atoms with Crippen LogP contribution in [0.3, 0.4) is 0 Å². The molecule has 0 fully saturated rings. The van der Waals surface area contributed by atoms with Crippen molar-refractivity contribution in [3.63, 3.8) is 0 Å². The molecule has 1 aromatic heterocycles. The van der Waals surface area contributed by atoms with E-state index in [9.17, 15) is 0 Å². The van der Waals surface area contributed by atoms with E-state index in [1.165, 1.54) is 0 Å². The number of nitrogens with zero attached hydrogens (tertiary/aromatic N) is 1. The van der Waals surface area contributed by atoms with Crippen molar-refractivity contribution in [1.29, 1.82) is 0 Å². The second-order valence-corrected chi connectivity index (χ2v) is 3.99. The number of benzene rings is 2. The lowest BCUT2D eigenvalue weighted by Crippen LogP contribution is -1.93. The average molecular weight is 236 g/mol. The van der Waals surface area contributed by atoms with E-state index in [0.29, 0.717) is 11.4 Å². The zero-order valence-corrected chi connectivity index (χ0v) is 9.71. The predicted octanol–water partition coefficient (Wildman–Crippen LogP) is 3.61. The molecule has 0 spiro atoms. The van der Waals surface area contributed by atoms with Gasteiger partial charge < -0.3 is 10.5 Å². The van der Waals surface area contributed by atoms with Crippen molar-refractivity contribution < 1.29 is 4.74 Å². The molecule has 0 saturated carbocycles. The van der Waals surface area contributed by atoms with Crippen molar-refractivity contribution in [2.45, 2.75) is 0 Å². The van der Waals surface area contributed by atoms with Crippen molar-refractivity contribution in [3.8, 4) is 11.5 Å². The van der Waals surface area contributed by atoms with Crippen molar-refractivity contribution in [2.24, 2.45) is 0 Å². The van der Waals surface area contributed by atoms with E-state index in [2.05, 4.69) is 4.98 Å². The highest BCUT2D eigenvalue weighted by molar-refractivity contribution is 5.95. The number of nitrogens with two attached hydrogens (primary N) is 1. The smallest absolute Gasteiger partial charge is 0.150 e. The Labute approximate surface area is 105 Å². The highest BCUT2D eigenvalue weighted by Gasteiger charge is 2.06. The third kappa shape index (κ3) is 1.86. The van der Waals surface area contributed by atoms with Crippen molar-refractivity contribution >= 4 is 16.5 Å². The minimum absolute atomic E-state index is 0.638. The molecular weight excluding hydrogens is 224 g/mol. The van der Waals surface area contributed by atoms with Gasteiger partial charge in [0.15, 0.2) is 5.75 Å². The van der Waals surface area contributed by atoms with E-state index in [-0.39, 0.29) is 0 Å². The van der Waals surface area contributed by atoms with E-state index in [0.717, 1.165) is 16.5 Å². The molecule has 0 amide bonds. The Balaban J connectivity index is 2.05. The summed E-state index contributed by atoms with van der Waals surface area (Å²) in [6, 6.07) is 15.3. The van der Waals surface area contributed by atoms with Crippen LogP contribution >= 0.6 is 0 Å². The van der Waals surface area contributed by atoms with Gasteiger partial charge in [0, 0.05) is 23.2 Å². The molecule has 3 rings (SSSR count). The molecule has 0 aliphatic heterocycles. The molecule has 3 aromatic rings. The molecular formula is C15H12N2O. The quantitative estimate of drug-likeness (QED) is 0.691. The van der Waals surface area contributed by atoms with Crippen LogP contribution in [0, 0.1) is 0 Å². The summed E-state index contributed by atoms with van der Waals surface area (Å²) in [5.74, 6) is 1.44. The van der Waals surface area contributed by atoms with Crippen molar-refractivity contribution in [2.75, 3.05) is 5.73 Å². The van der Waals surface area contributed by atoms with Gasteiger partial charge in [-0.05, 0) is 30.3 Å². The highest BCUT2D eigenvalue weighted by Crippen LogP contribution is 2.33. The number of aromatic nitrogens is 1. The lowest BCUT2D eigenvalue weighted by atomic mass is 10.1. The average Bonchev–Trinajstić information content (AvgIpc) is 2.43. The second kappa shape index (κ2) is 4.37. The Morgan fingerprint density at radius 2 is 1.78 bits per heavy atom. The summed E-state index contributed by atoms with van der Waals surface area (Å²) in [4.78, 5) is 4.07. The van der Waals surface area contributed by atoms with Crippen molar-refractivity contribution in [1.82, 2.24) is 4.98 Å². The van der Waals surface area contributed by atoms with Crippen LogP contribution in [-0.4, -0.2) is 4.98 Å². The summed E-state index contributed by atoms with van der Waals surface area (Å²) < 4.78 is 5.77. The number of anilines is 1. The monoisotopic (exact) mass is 236 g/mol. The SMILES string of the molecule is Nc1c(Oc2ccccc2)ccc2cnccc12. The van der Waals surface area contributed by atoms with Crippen LogP contribution in [0.5, 0.6) is 11.5 Å². The minimum atomic E-state index is 0.638. The zero-order valence-electron chi connectivity index (χ0n) is 9.71. The fourth-order valence-corrected chi connectivity index (χ4v) is 1.88. The number of pyridine rings is 1. The van der Waals surface area contributed by atoms with Crippen LogP contribution in [0.4, 0.5) is 5.69 Å². The summed E-state index contributed by atoms with van der Waals surface area (Å²) >= 11 is 0. The summed E-state index contributed by atoms with van der Waals surface area (Å²) in [5.41, 5.74) is 6.75. The van der Waals surface area contributed by atoms with E-state index >= 15 is 0 Å². The zero-order chi connectivity index (χ0) is 12.4. The first-order valence-corrected chi connectivity index (χ1v) is 5.70. The second-order valence-electron chi connectivity index (χ2n) is 3.99. The summed E-state index contributed by atoms with van der Waals surface area (Å²) in [6.45, 7) is 0. The molecule has 3 nitrogen and oxygen atoms in total. The van der Waals surface area contributed by atoms with Crippen LogP contribution < -0.4 is 10.5 Å². The molecule has 0 atom stereocenters. The molecule has 0 radical (unpaired) electrons. The van der Waals surface area contributed by atoms with Crippen LogP contribution in [0.1, 0.15) is 0 Å². The molecule has 2 aromatic carbocycles. The fourth-order valence-electron chi connectivity index (χ4n) is 1.88. The molecule has 0 unspecified atom stereocenters. The number of hydrogen-bond acceptors (Lipinski definition) is 3. The Morgan fingerprint density at radius 1 is 0.944 bits per heavy atom. The first-order valence-electron chi connectivity index (χ1n) is 5.70. The Hall–Kier alpha value is -2.55. The number of fused-ring (bicyclic) bond motifs is 1. The van der Waals surface area contributed by atoms with Gasteiger partial charge in [0.25, 0.3) is 0 Å². The molecule has 1 heterocycles. The Kier molecular flexibility index (Phi) is 2.57. The van der Waals surface area contributed by atoms with Crippen LogP contribution in [0.15, 0.2) is 60.9 Å². The lowest BCUT2D eigenvalue weighted by Gasteiger charge is -2.10. The largest absolute Gasteiger partial charge is 0.455 e. The third-order valence-electron chi connectivity index (χ3n) is 2.79. The maximum Gasteiger partial charge on any atom is 0.150 e. The number of rotatable bonds is 2. The molecule has 3 heteroatoms. The first-order chi connectivity index (χ1) is 8.84. The van der Waals surface area contributed by atoms with Gasteiger partial charge in [-0.2, -0.15) is 0 Å². The van der Waals surface area contributed by atoms with E-state index < -0.39 is 0 Å². The van der Waals surface area contributed by atoms with Crippen LogP contribution in [0.2, 0.25) is 0 Å². The van der Waals surface area contributed by atoms with Gasteiger partial charge in [-0.25, -0.2) is 0 Å². The van der Waals surface area contributed by atoms with Gasteiger partial charge in [0.1, 0.15) is 5.75 Å². The maximum atomic E-state index is 6.11. The molecule has 0 saturated heterocycles.